The Labute approximate surface area is 111 Å². The molecule has 1 aromatic heterocycles. The molecule has 2 aromatic rings. The Morgan fingerprint density at radius 3 is 2.88 bits per heavy atom. The molecule has 0 saturated heterocycles. The van der Waals surface area contributed by atoms with Gasteiger partial charge in [0, 0.05) is 27.5 Å². The Hall–Kier alpha value is -0.780. The molecule has 0 radical (unpaired) electrons. The molecule has 2 rings (SSSR count). The van der Waals surface area contributed by atoms with E-state index >= 15 is 0 Å². The van der Waals surface area contributed by atoms with Gasteiger partial charge in [0.1, 0.15) is 5.82 Å². The zero-order chi connectivity index (χ0) is 12.4. The van der Waals surface area contributed by atoms with Crippen molar-refractivity contribution >= 4 is 27.3 Å². The smallest absolute Gasteiger partial charge is 0.130 e. The van der Waals surface area contributed by atoms with E-state index in [0.717, 1.165) is 10.7 Å². The fraction of sp³-hybridized carbons (Fsp3) is 0.250. The first-order valence-electron chi connectivity index (χ1n) is 5.11. The monoisotopic (exact) mass is 315 g/mol. The Balaban J connectivity index is 2.22. The van der Waals surface area contributed by atoms with E-state index in [4.69, 9.17) is 0 Å². The third-order valence-corrected chi connectivity index (χ3v) is 4.05. The number of benzene rings is 1. The van der Waals surface area contributed by atoms with Crippen LogP contribution in [-0.4, -0.2) is 10.1 Å². The topological polar surface area (TPSA) is 33.1 Å². The number of aromatic nitrogens is 1. The molecule has 5 heteroatoms. The maximum absolute atomic E-state index is 13.6. The predicted molar refractivity (Wildman–Crippen MR) is 69.6 cm³/mol. The van der Waals surface area contributed by atoms with E-state index < -0.39 is 11.9 Å². The standard InChI is InChI=1S/C12H11BrFNOS/c1-7-6-17-11(15-7)5-10(16)12-8(13)3-2-4-9(12)14/h2-4,6,10,16H,5H2,1H3. The molecule has 1 aromatic carbocycles. The molecule has 0 saturated carbocycles. The largest absolute Gasteiger partial charge is 0.388 e. The Bertz CT molecular complexity index is 509. The summed E-state index contributed by atoms with van der Waals surface area (Å²) in [6, 6.07) is 4.66. The van der Waals surface area contributed by atoms with Crippen molar-refractivity contribution in [1.29, 1.82) is 0 Å². The Kier molecular flexibility index (Phi) is 3.91. The lowest BCUT2D eigenvalue weighted by Gasteiger charge is -2.12. The summed E-state index contributed by atoms with van der Waals surface area (Å²) in [7, 11) is 0. The molecule has 0 aliphatic carbocycles. The van der Waals surface area contributed by atoms with Crippen LogP contribution in [0.4, 0.5) is 4.39 Å². The Morgan fingerprint density at radius 1 is 1.53 bits per heavy atom. The number of thiazole rings is 1. The molecule has 0 aliphatic heterocycles. The number of aryl methyl sites for hydroxylation is 1. The molecule has 1 atom stereocenters. The molecule has 2 nitrogen and oxygen atoms in total. The number of aliphatic hydroxyl groups excluding tert-OH is 1. The highest BCUT2D eigenvalue weighted by molar-refractivity contribution is 9.10. The van der Waals surface area contributed by atoms with Crippen LogP contribution in [-0.2, 0) is 6.42 Å². The van der Waals surface area contributed by atoms with Gasteiger partial charge in [-0.3, -0.25) is 0 Å². The lowest BCUT2D eigenvalue weighted by Crippen LogP contribution is -2.05. The van der Waals surface area contributed by atoms with E-state index in [1.54, 1.807) is 12.1 Å². The van der Waals surface area contributed by atoms with E-state index in [1.165, 1.54) is 17.4 Å². The van der Waals surface area contributed by atoms with Gasteiger partial charge in [0.2, 0.25) is 0 Å². The zero-order valence-electron chi connectivity index (χ0n) is 9.15. The summed E-state index contributed by atoms with van der Waals surface area (Å²) in [5.74, 6) is -0.403. The summed E-state index contributed by atoms with van der Waals surface area (Å²) in [6.07, 6.45) is -0.547. The normalized spacial score (nSPS) is 12.7. The molecule has 17 heavy (non-hydrogen) atoms. The van der Waals surface area contributed by atoms with Crippen molar-refractivity contribution in [3.63, 3.8) is 0 Å². The van der Waals surface area contributed by atoms with Gasteiger partial charge in [-0.05, 0) is 19.1 Å². The van der Waals surface area contributed by atoms with Crippen molar-refractivity contribution < 1.29 is 9.50 Å². The fourth-order valence-corrected chi connectivity index (χ4v) is 3.01. The maximum atomic E-state index is 13.6. The molecule has 0 spiro atoms. The second-order valence-electron chi connectivity index (χ2n) is 3.74. The molecule has 1 N–H and O–H groups in total. The third kappa shape index (κ3) is 2.91. The van der Waals surface area contributed by atoms with Crippen molar-refractivity contribution in [1.82, 2.24) is 4.98 Å². The van der Waals surface area contributed by atoms with E-state index in [0.29, 0.717) is 16.5 Å². The molecule has 1 heterocycles. The quantitative estimate of drug-likeness (QED) is 0.938. The second-order valence-corrected chi connectivity index (χ2v) is 5.53. The molecule has 0 amide bonds. The minimum absolute atomic E-state index is 0.292. The van der Waals surface area contributed by atoms with Crippen molar-refractivity contribution in [3.8, 4) is 0 Å². The van der Waals surface area contributed by atoms with Crippen LogP contribution in [0, 0.1) is 12.7 Å². The van der Waals surface area contributed by atoms with E-state index in [1.807, 2.05) is 12.3 Å². The first kappa shape index (κ1) is 12.7. The van der Waals surface area contributed by atoms with Gasteiger partial charge in [-0.1, -0.05) is 22.0 Å². The molecule has 0 bridgehead atoms. The number of nitrogens with zero attached hydrogens (tertiary/aromatic N) is 1. The first-order valence-corrected chi connectivity index (χ1v) is 6.78. The number of hydrogen-bond donors (Lipinski definition) is 1. The van der Waals surface area contributed by atoms with Gasteiger partial charge < -0.3 is 5.11 Å². The first-order chi connectivity index (χ1) is 8.08. The van der Waals surface area contributed by atoms with Crippen LogP contribution in [0.25, 0.3) is 0 Å². The molecule has 0 aliphatic rings. The summed E-state index contributed by atoms with van der Waals surface area (Å²) in [6.45, 7) is 1.89. The lowest BCUT2D eigenvalue weighted by molar-refractivity contribution is 0.172. The van der Waals surface area contributed by atoms with E-state index in [2.05, 4.69) is 20.9 Å². The van der Waals surface area contributed by atoms with Crippen molar-refractivity contribution in [2.75, 3.05) is 0 Å². The molecular formula is C12H11BrFNOS. The van der Waals surface area contributed by atoms with Crippen LogP contribution in [0.15, 0.2) is 28.1 Å². The van der Waals surface area contributed by atoms with Crippen LogP contribution in [0.2, 0.25) is 0 Å². The summed E-state index contributed by atoms with van der Waals surface area (Å²) < 4.78 is 14.2. The highest BCUT2D eigenvalue weighted by atomic mass is 79.9. The summed E-state index contributed by atoms with van der Waals surface area (Å²) in [5, 5.41) is 12.8. The fourth-order valence-electron chi connectivity index (χ4n) is 1.59. The van der Waals surface area contributed by atoms with Gasteiger partial charge in [-0.15, -0.1) is 11.3 Å². The molecule has 0 fully saturated rings. The minimum atomic E-state index is -0.879. The summed E-state index contributed by atoms with van der Waals surface area (Å²) in [4.78, 5) is 4.26. The van der Waals surface area contributed by atoms with Gasteiger partial charge in [0.25, 0.3) is 0 Å². The van der Waals surface area contributed by atoms with Gasteiger partial charge in [0.15, 0.2) is 0 Å². The number of hydrogen-bond acceptors (Lipinski definition) is 3. The average molecular weight is 316 g/mol. The SMILES string of the molecule is Cc1csc(CC(O)c2c(F)cccc2Br)n1. The highest BCUT2D eigenvalue weighted by Crippen LogP contribution is 2.29. The van der Waals surface area contributed by atoms with Crippen LogP contribution in [0.1, 0.15) is 22.4 Å². The molecular weight excluding hydrogens is 305 g/mol. The van der Waals surface area contributed by atoms with E-state index in [-0.39, 0.29) is 0 Å². The molecule has 1 unspecified atom stereocenters. The van der Waals surface area contributed by atoms with Gasteiger partial charge in [0.05, 0.1) is 11.1 Å². The summed E-state index contributed by atoms with van der Waals surface area (Å²) >= 11 is 4.72. The minimum Gasteiger partial charge on any atom is -0.388 e. The Morgan fingerprint density at radius 2 is 2.29 bits per heavy atom. The number of halogens is 2. The van der Waals surface area contributed by atoms with E-state index in [9.17, 15) is 9.50 Å². The predicted octanol–water partition coefficient (Wildman–Crippen LogP) is 3.63. The van der Waals surface area contributed by atoms with Gasteiger partial charge in [-0.2, -0.15) is 0 Å². The van der Waals surface area contributed by atoms with Crippen LogP contribution >= 0.6 is 27.3 Å². The van der Waals surface area contributed by atoms with Crippen LogP contribution in [0.5, 0.6) is 0 Å². The van der Waals surface area contributed by atoms with Crippen molar-refractivity contribution in [2.24, 2.45) is 0 Å². The number of rotatable bonds is 3. The lowest BCUT2D eigenvalue weighted by atomic mass is 10.1. The van der Waals surface area contributed by atoms with Crippen LogP contribution < -0.4 is 0 Å². The van der Waals surface area contributed by atoms with Gasteiger partial charge in [-0.25, -0.2) is 9.37 Å². The maximum Gasteiger partial charge on any atom is 0.130 e. The number of aliphatic hydroxyl groups is 1. The summed E-state index contributed by atoms with van der Waals surface area (Å²) in [5.41, 5.74) is 1.21. The van der Waals surface area contributed by atoms with Crippen molar-refractivity contribution in [2.45, 2.75) is 19.4 Å². The third-order valence-electron chi connectivity index (χ3n) is 2.37. The zero-order valence-corrected chi connectivity index (χ0v) is 11.6. The van der Waals surface area contributed by atoms with Gasteiger partial charge >= 0.3 is 0 Å². The highest BCUT2D eigenvalue weighted by Gasteiger charge is 2.17. The molecule has 90 valence electrons. The second kappa shape index (κ2) is 5.25. The van der Waals surface area contributed by atoms with Crippen molar-refractivity contribution in [3.05, 3.63) is 50.1 Å². The van der Waals surface area contributed by atoms with Crippen LogP contribution in [0.3, 0.4) is 0 Å². The average Bonchev–Trinajstić information content (AvgIpc) is 2.63.